The van der Waals surface area contributed by atoms with Gasteiger partial charge in [-0.3, -0.25) is 9.48 Å². The van der Waals surface area contributed by atoms with Crippen LogP contribution >= 0.6 is 11.6 Å². The number of rotatable bonds is 9. The molecule has 1 saturated carbocycles. The summed E-state index contributed by atoms with van der Waals surface area (Å²) in [5.41, 5.74) is 0.912. The number of aliphatic carboxylic acids is 1. The number of benzene rings is 3. The predicted molar refractivity (Wildman–Crippen MR) is 135 cm³/mol. The molecule has 2 atom stereocenters. The Labute approximate surface area is 213 Å². The molecule has 1 N–H and O–H groups in total. The molecule has 0 radical (unpaired) electrons. The molecule has 0 bridgehead atoms. The Bertz CT molecular complexity index is 1460. The molecule has 1 aliphatic carbocycles. The maximum absolute atomic E-state index is 14.0. The molecule has 0 amide bonds. The molecule has 5 rings (SSSR count). The van der Waals surface area contributed by atoms with Gasteiger partial charge in [0.2, 0.25) is 10.0 Å². The van der Waals surface area contributed by atoms with Gasteiger partial charge in [0.05, 0.1) is 17.6 Å². The molecule has 0 unspecified atom stereocenters. The fourth-order valence-corrected chi connectivity index (χ4v) is 6.51. The van der Waals surface area contributed by atoms with Crippen LogP contribution in [0.2, 0.25) is 5.02 Å². The predicted octanol–water partition coefficient (Wildman–Crippen LogP) is 4.30. The van der Waals surface area contributed by atoms with Gasteiger partial charge in [-0.2, -0.15) is 4.31 Å². The van der Waals surface area contributed by atoms with Gasteiger partial charge in [-0.25, -0.2) is 8.42 Å². The van der Waals surface area contributed by atoms with Crippen molar-refractivity contribution in [2.75, 3.05) is 6.54 Å². The van der Waals surface area contributed by atoms with Gasteiger partial charge in [0.15, 0.2) is 0 Å². The van der Waals surface area contributed by atoms with Crippen LogP contribution in [0.15, 0.2) is 96.2 Å². The van der Waals surface area contributed by atoms with E-state index in [1.54, 1.807) is 30.5 Å². The molecule has 0 spiro atoms. The molecule has 1 aromatic heterocycles. The van der Waals surface area contributed by atoms with Crippen molar-refractivity contribution in [1.29, 1.82) is 0 Å². The molecule has 36 heavy (non-hydrogen) atoms. The van der Waals surface area contributed by atoms with E-state index in [0.29, 0.717) is 5.02 Å². The lowest BCUT2D eigenvalue weighted by molar-refractivity contribution is -0.143. The summed E-state index contributed by atoms with van der Waals surface area (Å²) >= 11 is 5.97. The maximum atomic E-state index is 14.0. The van der Waals surface area contributed by atoms with Crippen LogP contribution in [0.4, 0.5) is 0 Å². The molecular weight excluding hydrogens is 500 g/mol. The number of carboxylic acids is 1. The second kappa shape index (κ2) is 9.50. The minimum absolute atomic E-state index is 0.0261. The summed E-state index contributed by atoms with van der Waals surface area (Å²) in [5, 5.41) is 18.6. The third-order valence-electron chi connectivity index (χ3n) is 6.57. The minimum Gasteiger partial charge on any atom is -0.480 e. The van der Waals surface area contributed by atoms with Crippen LogP contribution in [0, 0.1) is 0 Å². The number of aromatic nitrogens is 3. The monoisotopic (exact) mass is 522 g/mol. The zero-order valence-electron chi connectivity index (χ0n) is 19.1. The van der Waals surface area contributed by atoms with E-state index in [1.807, 2.05) is 42.5 Å². The van der Waals surface area contributed by atoms with E-state index in [1.165, 1.54) is 23.0 Å². The summed E-state index contributed by atoms with van der Waals surface area (Å²) in [6.07, 6.45) is 3.29. The van der Waals surface area contributed by atoms with E-state index in [0.717, 1.165) is 21.0 Å². The van der Waals surface area contributed by atoms with Crippen LogP contribution < -0.4 is 0 Å². The number of sulfonamides is 1. The highest BCUT2D eigenvalue weighted by Gasteiger charge is 2.67. The minimum atomic E-state index is -4.17. The Kier molecular flexibility index (Phi) is 6.38. The van der Waals surface area contributed by atoms with Crippen molar-refractivity contribution >= 4 is 27.6 Å². The number of carboxylic acid groups (broad SMARTS) is 1. The van der Waals surface area contributed by atoms with Crippen LogP contribution in [0.1, 0.15) is 17.9 Å². The third kappa shape index (κ3) is 4.41. The van der Waals surface area contributed by atoms with Crippen LogP contribution in [0.25, 0.3) is 11.1 Å². The molecule has 4 aromatic rings. The molecule has 1 heterocycles. The lowest BCUT2D eigenvalue weighted by Crippen LogP contribution is -2.49. The van der Waals surface area contributed by atoms with Gasteiger partial charge in [-0.05, 0) is 47.4 Å². The lowest BCUT2D eigenvalue weighted by Gasteiger charge is -2.29. The maximum Gasteiger partial charge on any atom is 0.325 e. The first kappa shape index (κ1) is 24.2. The highest BCUT2D eigenvalue weighted by atomic mass is 35.5. The van der Waals surface area contributed by atoms with Gasteiger partial charge in [-0.15, -0.1) is 5.10 Å². The van der Waals surface area contributed by atoms with Gasteiger partial charge in [0, 0.05) is 23.7 Å². The van der Waals surface area contributed by atoms with Crippen LogP contribution in [-0.4, -0.2) is 50.9 Å². The SMILES string of the molecule is O=C(O)[C@@]1(N(CCn2ccnn2)S(=O)(=O)c2ccc(-c3ccc(Cl)cc3)cc2)C[C@H]1c1ccccc1. The topological polar surface area (TPSA) is 105 Å². The summed E-state index contributed by atoms with van der Waals surface area (Å²) in [4.78, 5) is 12.7. The Morgan fingerprint density at radius 1 is 1.03 bits per heavy atom. The molecule has 184 valence electrons. The van der Waals surface area contributed by atoms with E-state index in [-0.39, 0.29) is 24.4 Å². The highest BCUT2D eigenvalue weighted by molar-refractivity contribution is 7.89. The lowest BCUT2D eigenvalue weighted by atomic mass is 10.1. The fraction of sp³-hybridized carbons (Fsp3) is 0.192. The summed E-state index contributed by atoms with van der Waals surface area (Å²) in [7, 11) is -4.17. The first-order chi connectivity index (χ1) is 17.3. The van der Waals surface area contributed by atoms with Crippen molar-refractivity contribution in [3.8, 4) is 11.1 Å². The zero-order chi connectivity index (χ0) is 25.3. The van der Waals surface area contributed by atoms with Crippen LogP contribution in [0.5, 0.6) is 0 Å². The fourth-order valence-electron chi connectivity index (χ4n) is 4.62. The van der Waals surface area contributed by atoms with Crippen molar-refractivity contribution in [2.24, 2.45) is 0 Å². The number of carbonyl (C=O) groups is 1. The second-order valence-corrected chi connectivity index (χ2v) is 11.0. The smallest absolute Gasteiger partial charge is 0.325 e. The van der Waals surface area contributed by atoms with E-state index in [4.69, 9.17) is 11.6 Å². The summed E-state index contributed by atoms with van der Waals surface area (Å²) in [5.74, 6) is -1.63. The van der Waals surface area contributed by atoms with Crippen molar-refractivity contribution in [3.63, 3.8) is 0 Å². The molecule has 0 aliphatic heterocycles. The van der Waals surface area contributed by atoms with E-state index >= 15 is 0 Å². The number of halogens is 1. The second-order valence-electron chi connectivity index (χ2n) is 8.67. The van der Waals surface area contributed by atoms with E-state index < -0.39 is 27.4 Å². The highest BCUT2D eigenvalue weighted by Crippen LogP contribution is 2.57. The van der Waals surface area contributed by atoms with Gasteiger partial charge in [-0.1, -0.05) is 71.4 Å². The Morgan fingerprint density at radius 3 is 2.25 bits per heavy atom. The molecule has 10 heteroatoms. The van der Waals surface area contributed by atoms with Gasteiger partial charge in [0.1, 0.15) is 5.54 Å². The zero-order valence-corrected chi connectivity index (χ0v) is 20.7. The first-order valence-electron chi connectivity index (χ1n) is 11.3. The van der Waals surface area contributed by atoms with Crippen molar-refractivity contribution in [3.05, 3.63) is 102 Å². The number of hydrogen-bond donors (Lipinski definition) is 1. The van der Waals surface area contributed by atoms with Crippen LogP contribution in [0.3, 0.4) is 0 Å². The van der Waals surface area contributed by atoms with Gasteiger partial charge < -0.3 is 5.11 Å². The number of nitrogens with zero attached hydrogens (tertiary/aromatic N) is 4. The molecular formula is C26H23ClN4O4S. The first-order valence-corrected chi connectivity index (χ1v) is 13.2. The van der Waals surface area contributed by atoms with E-state index in [2.05, 4.69) is 10.3 Å². The third-order valence-corrected chi connectivity index (χ3v) is 8.78. The average molecular weight is 523 g/mol. The summed E-state index contributed by atoms with van der Waals surface area (Å²) in [6, 6.07) is 22.8. The number of hydrogen-bond acceptors (Lipinski definition) is 5. The van der Waals surface area contributed by atoms with Crippen LogP contribution in [-0.2, 0) is 21.4 Å². The normalized spacial score (nSPS) is 19.3. The Balaban J connectivity index is 1.52. The summed E-state index contributed by atoms with van der Waals surface area (Å²) < 4.78 is 30.5. The average Bonchev–Trinajstić information content (AvgIpc) is 3.42. The van der Waals surface area contributed by atoms with E-state index in [9.17, 15) is 18.3 Å². The molecule has 1 aliphatic rings. The Morgan fingerprint density at radius 2 is 1.67 bits per heavy atom. The van der Waals surface area contributed by atoms with Gasteiger partial charge >= 0.3 is 5.97 Å². The van der Waals surface area contributed by atoms with Crippen molar-refractivity contribution in [1.82, 2.24) is 19.3 Å². The largest absolute Gasteiger partial charge is 0.480 e. The molecule has 3 aromatic carbocycles. The van der Waals surface area contributed by atoms with Crippen molar-refractivity contribution in [2.45, 2.75) is 29.3 Å². The quantitative estimate of drug-likeness (QED) is 0.351. The van der Waals surface area contributed by atoms with Gasteiger partial charge in [0.25, 0.3) is 0 Å². The molecule has 1 fully saturated rings. The standard InChI is InChI=1S/C26H23ClN4O4S/c27-22-10-6-19(7-11-22)20-8-12-23(13-9-20)36(34,35)31(17-16-30-15-14-28-29-30)26(25(32)33)18-24(26)21-4-2-1-3-5-21/h1-15,24H,16-18H2,(H,32,33)/t24-,26+/m0/s1. The summed E-state index contributed by atoms with van der Waals surface area (Å²) in [6.45, 7) is 0.0961. The molecule has 8 nitrogen and oxygen atoms in total. The Hall–Kier alpha value is -3.53. The molecule has 0 saturated heterocycles. The van der Waals surface area contributed by atoms with Crippen molar-refractivity contribution < 1.29 is 18.3 Å².